The van der Waals surface area contributed by atoms with Crippen molar-refractivity contribution >= 4 is 69.7 Å². The van der Waals surface area contributed by atoms with Crippen LogP contribution in [0.3, 0.4) is 0 Å². The summed E-state index contributed by atoms with van der Waals surface area (Å²) in [6.07, 6.45) is 3.21. The standard InChI is InChI=1S/C24H24Br4O2/c1-23(2)19(21(25)24(26,27)28)20(23)22(29)30-13-15-9-6-12-18-16-10-4-3-7-14(16)8-5-11-17(15)18/h3-4,6-7,9-10,12,19-21H,5,8,11,13H2,1-2H3. The zero-order valence-corrected chi connectivity index (χ0v) is 23.3. The molecule has 0 spiro atoms. The minimum atomic E-state index is -0.450. The molecule has 2 aromatic rings. The summed E-state index contributed by atoms with van der Waals surface area (Å²) in [6, 6.07) is 15.0. The molecule has 0 aromatic heterocycles. The van der Waals surface area contributed by atoms with E-state index < -0.39 is 2.14 Å². The van der Waals surface area contributed by atoms with E-state index in [1.807, 2.05) is 0 Å². The highest BCUT2D eigenvalue weighted by molar-refractivity contribution is 9.40. The van der Waals surface area contributed by atoms with Gasteiger partial charge in [0.2, 0.25) is 0 Å². The summed E-state index contributed by atoms with van der Waals surface area (Å²) in [5.74, 6) is -0.0716. The van der Waals surface area contributed by atoms with E-state index in [1.165, 1.54) is 22.3 Å². The van der Waals surface area contributed by atoms with Crippen LogP contribution >= 0.6 is 63.7 Å². The second-order valence-corrected chi connectivity index (χ2v) is 16.8. The molecule has 160 valence electrons. The summed E-state index contributed by atoms with van der Waals surface area (Å²) < 4.78 is 5.42. The Morgan fingerprint density at radius 2 is 1.80 bits per heavy atom. The summed E-state index contributed by atoms with van der Waals surface area (Å²) in [5.41, 5.74) is 6.33. The van der Waals surface area contributed by atoms with Crippen LogP contribution in [-0.2, 0) is 29.0 Å². The monoisotopic (exact) mass is 660 g/mol. The molecule has 6 heteroatoms. The van der Waals surface area contributed by atoms with Gasteiger partial charge in [-0.25, -0.2) is 0 Å². The molecule has 3 atom stereocenters. The average Bonchev–Trinajstić information content (AvgIpc) is 3.32. The van der Waals surface area contributed by atoms with E-state index in [4.69, 9.17) is 4.74 Å². The molecule has 0 amide bonds. The number of hydrogen-bond donors (Lipinski definition) is 0. The predicted molar refractivity (Wildman–Crippen MR) is 137 cm³/mol. The zero-order chi connectivity index (χ0) is 21.7. The second kappa shape index (κ2) is 8.64. The Morgan fingerprint density at radius 1 is 1.10 bits per heavy atom. The van der Waals surface area contributed by atoms with Crippen molar-refractivity contribution in [2.75, 3.05) is 0 Å². The highest BCUT2D eigenvalue weighted by atomic mass is 80.0. The van der Waals surface area contributed by atoms with Crippen molar-refractivity contribution in [3.8, 4) is 11.1 Å². The molecule has 0 N–H and O–H groups in total. The summed E-state index contributed by atoms with van der Waals surface area (Å²) in [6.45, 7) is 4.59. The molecule has 0 saturated heterocycles. The topological polar surface area (TPSA) is 26.3 Å². The van der Waals surface area contributed by atoms with E-state index in [2.05, 4.69) is 120 Å². The fraction of sp³-hybridized carbons (Fsp3) is 0.458. The molecule has 0 aliphatic heterocycles. The third kappa shape index (κ3) is 4.35. The Hall–Kier alpha value is -0.170. The molecule has 0 bridgehead atoms. The first-order valence-electron chi connectivity index (χ1n) is 10.2. The van der Waals surface area contributed by atoms with Gasteiger partial charge in [0.25, 0.3) is 0 Å². The van der Waals surface area contributed by atoms with Crippen molar-refractivity contribution in [3.05, 3.63) is 59.2 Å². The molecule has 2 aromatic carbocycles. The lowest BCUT2D eigenvalue weighted by molar-refractivity contribution is -0.147. The lowest BCUT2D eigenvalue weighted by Gasteiger charge is -2.20. The predicted octanol–water partition coefficient (Wildman–Crippen LogP) is 7.76. The van der Waals surface area contributed by atoms with Gasteiger partial charge in [-0.3, -0.25) is 4.79 Å². The van der Waals surface area contributed by atoms with Crippen LogP contribution in [0.1, 0.15) is 37.0 Å². The largest absolute Gasteiger partial charge is 0.461 e. The van der Waals surface area contributed by atoms with Gasteiger partial charge in [0.05, 0.1) is 10.7 Å². The minimum Gasteiger partial charge on any atom is -0.461 e. The average molecular weight is 664 g/mol. The van der Waals surface area contributed by atoms with Crippen molar-refractivity contribution in [2.24, 2.45) is 17.3 Å². The van der Waals surface area contributed by atoms with Crippen LogP contribution in [0, 0.1) is 17.3 Å². The van der Waals surface area contributed by atoms with Gasteiger partial charge in [-0.15, -0.1) is 0 Å². The van der Waals surface area contributed by atoms with Crippen LogP contribution in [-0.4, -0.2) is 12.9 Å². The minimum absolute atomic E-state index is 0.0436. The van der Waals surface area contributed by atoms with E-state index in [-0.39, 0.29) is 28.0 Å². The van der Waals surface area contributed by atoms with Crippen LogP contribution in [0.15, 0.2) is 42.5 Å². The number of benzene rings is 2. The summed E-state index contributed by atoms with van der Waals surface area (Å²) in [5, 5.41) is 0. The molecule has 2 aliphatic carbocycles. The Balaban J connectivity index is 1.52. The van der Waals surface area contributed by atoms with Crippen molar-refractivity contribution in [3.63, 3.8) is 0 Å². The third-order valence-corrected chi connectivity index (χ3v) is 11.2. The lowest BCUT2D eigenvalue weighted by atomic mass is 9.93. The number of aryl methyl sites for hydroxylation is 1. The number of fused-ring (bicyclic) bond motifs is 3. The van der Waals surface area contributed by atoms with E-state index in [0.29, 0.717) is 6.61 Å². The molecule has 0 radical (unpaired) electrons. The van der Waals surface area contributed by atoms with Gasteiger partial charge < -0.3 is 4.74 Å². The van der Waals surface area contributed by atoms with E-state index >= 15 is 0 Å². The van der Waals surface area contributed by atoms with E-state index in [9.17, 15) is 4.79 Å². The molecule has 2 aliphatic rings. The summed E-state index contributed by atoms with van der Waals surface area (Å²) >= 11 is 14.5. The number of ether oxygens (including phenoxy) is 1. The highest BCUT2D eigenvalue weighted by Gasteiger charge is 2.67. The first-order valence-corrected chi connectivity index (χ1v) is 13.5. The number of carbonyl (C=O) groups is 1. The quantitative estimate of drug-likeness (QED) is 0.247. The number of halogens is 4. The van der Waals surface area contributed by atoms with Gasteiger partial charge in [-0.05, 0) is 58.4 Å². The number of alkyl halides is 4. The normalized spacial score (nSPS) is 23.0. The fourth-order valence-corrected chi connectivity index (χ4v) is 6.73. The van der Waals surface area contributed by atoms with Crippen LogP contribution < -0.4 is 0 Å². The van der Waals surface area contributed by atoms with Gasteiger partial charge in [0.1, 0.15) is 8.75 Å². The second-order valence-electron chi connectivity index (χ2n) is 8.83. The number of carbonyl (C=O) groups excluding carboxylic acids is 1. The number of rotatable bonds is 4. The first kappa shape index (κ1) is 23.0. The molecule has 30 heavy (non-hydrogen) atoms. The lowest BCUT2D eigenvalue weighted by Crippen LogP contribution is -2.22. The first-order chi connectivity index (χ1) is 14.1. The zero-order valence-electron chi connectivity index (χ0n) is 16.9. The Labute approximate surface area is 212 Å². The molecular weight excluding hydrogens is 640 g/mol. The van der Waals surface area contributed by atoms with Crippen molar-refractivity contribution < 1.29 is 9.53 Å². The van der Waals surface area contributed by atoms with Crippen LogP contribution in [0.5, 0.6) is 0 Å². The van der Waals surface area contributed by atoms with E-state index in [0.717, 1.165) is 24.8 Å². The van der Waals surface area contributed by atoms with Gasteiger partial charge in [0.15, 0.2) is 0 Å². The Morgan fingerprint density at radius 3 is 2.53 bits per heavy atom. The van der Waals surface area contributed by atoms with Crippen molar-refractivity contribution in [1.82, 2.24) is 0 Å². The van der Waals surface area contributed by atoms with Gasteiger partial charge in [-0.2, -0.15) is 0 Å². The summed E-state index contributed by atoms with van der Waals surface area (Å²) in [4.78, 5) is 13.0. The maximum Gasteiger partial charge on any atom is 0.310 e. The van der Waals surface area contributed by atoms with Gasteiger partial charge in [0, 0.05) is 0 Å². The number of esters is 1. The van der Waals surface area contributed by atoms with E-state index in [1.54, 1.807) is 0 Å². The van der Waals surface area contributed by atoms with Crippen molar-refractivity contribution in [1.29, 1.82) is 0 Å². The molecule has 1 fully saturated rings. The third-order valence-electron chi connectivity index (χ3n) is 6.62. The molecule has 1 saturated carbocycles. The molecule has 2 nitrogen and oxygen atoms in total. The van der Waals surface area contributed by atoms with Crippen LogP contribution in [0.4, 0.5) is 0 Å². The summed E-state index contributed by atoms with van der Waals surface area (Å²) in [7, 11) is 0. The van der Waals surface area contributed by atoms with Gasteiger partial charge >= 0.3 is 5.97 Å². The van der Waals surface area contributed by atoms with Crippen LogP contribution in [0.25, 0.3) is 11.1 Å². The smallest absolute Gasteiger partial charge is 0.310 e. The molecule has 0 heterocycles. The van der Waals surface area contributed by atoms with Crippen molar-refractivity contribution in [2.45, 2.75) is 46.7 Å². The fourth-order valence-electron chi connectivity index (χ4n) is 4.89. The number of hydrogen-bond acceptors (Lipinski definition) is 2. The molecule has 4 rings (SSSR count). The Bertz CT molecular complexity index is 964. The highest BCUT2D eigenvalue weighted by Crippen LogP contribution is 2.66. The molecular formula is C24H24Br4O2. The maximum atomic E-state index is 13.0. The van der Waals surface area contributed by atoms with Crippen LogP contribution in [0.2, 0.25) is 0 Å². The Kier molecular flexibility index (Phi) is 6.63. The maximum absolute atomic E-state index is 13.0. The van der Waals surface area contributed by atoms with Gasteiger partial charge in [-0.1, -0.05) is 120 Å². The molecule has 3 unspecified atom stereocenters. The SMILES string of the molecule is CC1(C)C(C(=O)OCc2cccc3c2CCCc2ccccc2-3)C1C(Br)C(Br)(Br)Br.